The Bertz CT molecular complexity index is 508. The summed E-state index contributed by atoms with van der Waals surface area (Å²) in [4.78, 5) is 8.20. The van der Waals surface area contributed by atoms with Crippen molar-refractivity contribution in [2.24, 2.45) is 0 Å². The van der Waals surface area contributed by atoms with Crippen molar-refractivity contribution in [3.8, 4) is 0 Å². The van der Waals surface area contributed by atoms with E-state index in [9.17, 15) is 0 Å². The minimum Gasteiger partial charge on any atom is -0.306 e. The SMILES string of the molecule is CCCNC(c1cncnc1)c1cc(C)cc(Cl)c1. The van der Waals surface area contributed by atoms with Crippen LogP contribution in [0.2, 0.25) is 5.02 Å². The van der Waals surface area contributed by atoms with Gasteiger partial charge in [-0.3, -0.25) is 0 Å². The fourth-order valence-electron chi connectivity index (χ4n) is 2.11. The summed E-state index contributed by atoms with van der Waals surface area (Å²) in [5.41, 5.74) is 3.36. The Morgan fingerprint density at radius 3 is 2.53 bits per heavy atom. The van der Waals surface area contributed by atoms with Crippen molar-refractivity contribution in [2.75, 3.05) is 6.54 Å². The van der Waals surface area contributed by atoms with Crippen molar-refractivity contribution in [3.05, 3.63) is 58.6 Å². The van der Waals surface area contributed by atoms with Gasteiger partial charge in [-0.25, -0.2) is 9.97 Å². The van der Waals surface area contributed by atoms with E-state index in [0.29, 0.717) is 0 Å². The molecule has 19 heavy (non-hydrogen) atoms. The maximum Gasteiger partial charge on any atom is 0.115 e. The lowest BCUT2D eigenvalue weighted by molar-refractivity contribution is 0.595. The number of aromatic nitrogens is 2. The number of benzene rings is 1. The van der Waals surface area contributed by atoms with E-state index in [1.54, 1.807) is 6.33 Å². The average molecular weight is 276 g/mol. The molecule has 2 aromatic rings. The van der Waals surface area contributed by atoms with E-state index < -0.39 is 0 Å². The summed E-state index contributed by atoms with van der Waals surface area (Å²) < 4.78 is 0. The Morgan fingerprint density at radius 2 is 1.89 bits per heavy atom. The molecule has 1 heterocycles. The van der Waals surface area contributed by atoms with Crippen molar-refractivity contribution in [3.63, 3.8) is 0 Å². The first kappa shape index (κ1) is 14.0. The second kappa shape index (κ2) is 6.64. The zero-order valence-corrected chi connectivity index (χ0v) is 12.0. The Hall–Kier alpha value is -1.45. The monoisotopic (exact) mass is 275 g/mol. The number of hydrogen-bond donors (Lipinski definition) is 1. The summed E-state index contributed by atoms with van der Waals surface area (Å²) in [6, 6.07) is 6.18. The first-order valence-electron chi connectivity index (χ1n) is 6.46. The molecule has 0 fully saturated rings. The van der Waals surface area contributed by atoms with Crippen LogP contribution >= 0.6 is 11.6 Å². The maximum atomic E-state index is 6.16. The predicted octanol–water partition coefficient (Wildman–Crippen LogP) is 3.53. The van der Waals surface area contributed by atoms with Gasteiger partial charge in [0.05, 0.1) is 6.04 Å². The van der Waals surface area contributed by atoms with E-state index in [4.69, 9.17) is 11.6 Å². The van der Waals surface area contributed by atoms with Gasteiger partial charge in [-0.15, -0.1) is 0 Å². The highest BCUT2D eigenvalue weighted by molar-refractivity contribution is 6.30. The molecule has 1 atom stereocenters. The summed E-state index contributed by atoms with van der Waals surface area (Å²) in [7, 11) is 0. The third-order valence-electron chi connectivity index (χ3n) is 2.91. The predicted molar refractivity (Wildman–Crippen MR) is 78.4 cm³/mol. The number of aryl methyl sites for hydroxylation is 1. The molecule has 0 saturated carbocycles. The Labute approximate surface area is 119 Å². The molecule has 0 aliphatic rings. The first-order chi connectivity index (χ1) is 9.20. The highest BCUT2D eigenvalue weighted by atomic mass is 35.5. The molecule has 2 rings (SSSR count). The van der Waals surface area contributed by atoms with Gasteiger partial charge >= 0.3 is 0 Å². The molecule has 1 aromatic carbocycles. The van der Waals surface area contributed by atoms with Crippen LogP contribution < -0.4 is 5.32 Å². The van der Waals surface area contributed by atoms with Crippen molar-refractivity contribution < 1.29 is 0 Å². The van der Waals surface area contributed by atoms with Gasteiger partial charge in [0.2, 0.25) is 0 Å². The molecule has 0 saturated heterocycles. The second-order valence-electron chi connectivity index (χ2n) is 4.62. The summed E-state index contributed by atoms with van der Waals surface area (Å²) in [5.74, 6) is 0. The van der Waals surface area contributed by atoms with E-state index in [-0.39, 0.29) is 6.04 Å². The minimum absolute atomic E-state index is 0.0820. The van der Waals surface area contributed by atoms with Crippen LogP contribution in [0.5, 0.6) is 0 Å². The summed E-state index contributed by atoms with van der Waals surface area (Å²) in [6.45, 7) is 5.13. The van der Waals surface area contributed by atoms with Crippen molar-refractivity contribution in [1.82, 2.24) is 15.3 Å². The molecular formula is C15H18ClN3. The molecule has 3 nitrogen and oxygen atoms in total. The molecule has 1 unspecified atom stereocenters. The number of nitrogens with zero attached hydrogens (tertiary/aromatic N) is 2. The Kier molecular flexibility index (Phi) is 4.88. The second-order valence-corrected chi connectivity index (χ2v) is 5.06. The van der Waals surface area contributed by atoms with Crippen LogP contribution in [-0.2, 0) is 0 Å². The maximum absolute atomic E-state index is 6.16. The zero-order valence-electron chi connectivity index (χ0n) is 11.2. The van der Waals surface area contributed by atoms with Gasteiger partial charge in [0.15, 0.2) is 0 Å². The van der Waals surface area contributed by atoms with E-state index in [1.807, 2.05) is 31.5 Å². The topological polar surface area (TPSA) is 37.8 Å². The van der Waals surface area contributed by atoms with E-state index in [0.717, 1.165) is 34.7 Å². The highest BCUT2D eigenvalue weighted by Gasteiger charge is 2.14. The van der Waals surface area contributed by atoms with Crippen LogP contribution in [0.15, 0.2) is 36.9 Å². The normalized spacial score (nSPS) is 12.4. The number of nitrogens with one attached hydrogen (secondary N) is 1. The number of rotatable bonds is 5. The van der Waals surface area contributed by atoms with Crippen LogP contribution in [0.4, 0.5) is 0 Å². The third-order valence-corrected chi connectivity index (χ3v) is 3.13. The molecule has 0 radical (unpaired) electrons. The fraction of sp³-hybridized carbons (Fsp3) is 0.333. The van der Waals surface area contributed by atoms with Crippen LogP contribution in [0.1, 0.15) is 36.1 Å². The number of halogens is 1. The van der Waals surface area contributed by atoms with Gasteiger partial charge in [0.1, 0.15) is 6.33 Å². The van der Waals surface area contributed by atoms with Crippen LogP contribution in [0.3, 0.4) is 0 Å². The van der Waals surface area contributed by atoms with Gasteiger partial charge in [0, 0.05) is 23.0 Å². The standard InChI is InChI=1S/C15H18ClN3/c1-3-4-19-15(13-8-17-10-18-9-13)12-5-11(2)6-14(16)7-12/h5-10,15,19H,3-4H2,1-2H3. The third kappa shape index (κ3) is 3.75. The molecule has 0 spiro atoms. The van der Waals surface area contributed by atoms with E-state index >= 15 is 0 Å². The van der Waals surface area contributed by atoms with E-state index in [1.165, 1.54) is 0 Å². The molecule has 4 heteroatoms. The number of hydrogen-bond acceptors (Lipinski definition) is 3. The van der Waals surface area contributed by atoms with Crippen LogP contribution in [-0.4, -0.2) is 16.5 Å². The van der Waals surface area contributed by atoms with Gasteiger partial charge in [-0.1, -0.05) is 24.6 Å². The largest absolute Gasteiger partial charge is 0.306 e. The summed E-state index contributed by atoms with van der Waals surface area (Å²) in [5, 5.41) is 4.28. The molecule has 1 aromatic heterocycles. The highest BCUT2D eigenvalue weighted by Crippen LogP contribution is 2.25. The molecule has 0 aliphatic carbocycles. The molecular weight excluding hydrogens is 258 g/mol. The van der Waals surface area contributed by atoms with Crippen LogP contribution in [0.25, 0.3) is 0 Å². The lowest BCUT2D eigenvalue weighted by atomic mass is 9.99. The fourth-order valence-corrected chi connectivity index (χ4v) is 2.41. The van der Waals surface area contributed by atoms with Gasteiger partial charge < -0.3 is 5.32 Å². The Morgan fingerprint density at radius 1 is 1.16 bits per heavy atom. The Balaban J connectivity index is 2.36. The first-order valence-corrected chi connectivity index (χ1v) is 6.84. The lowest BCUT2D eigenvalue weighted by Crippen LogP contribution is -2.23. The van der Waals surface area contributed by atoms with Gasteiger partial charge in [-0.2, -0.15) is 0 Å². The molecule has 0 bridgehead atoms. The molecule has 0 aliphatic heterocycles. The lowest BCUT2D eigenvalue weighted by Gasteiger charge is -2.19. The van der Waals surface area contributed by atoms with Crippen LogP contribution in [0, 0.1) is 6.92 Å². The van der Waals surface area contributed by atoms with Gasteiger partial charge in [0.25, 0.3) is 0 Å². The van der Waals surface area contributed by atoms with Crippen molar-refractivity contribution in [2.45, 2.75) is 26.3 Å². The summed E-state index contributed by atoms with van der Waals surface area (Å²) >= 11 is 6.16. The average Bonchev–Trinajstić information content (AvgIpc) is 2.39. The zero-order chi connectivity index (χ0) is 13.7. The minimum atomic E-state index is 0.0820. The molecule has 1 N–H and O–H groups in total. The smallest absolute Gasteiger partial charge is 0.115 e. The van der Waals surface area contributed by atoms with E-state index in [2.05, 4.69) is 28.3 Å². The van der Waals surface area contributed by atoms with Crippen molar-refractivity contribution in [1.29, 1.82) is 0 Å². The van der Waals surface area contributed by atoms with Gasteiger partial charge in [-0.05, 0) is 43.1 Å². The quantitative estimate of drug-likeness (QED) is 0.907. The summed E-state index contributed by atoms with van der Waals surface area (Å²) in [6.07, 6.45) is 6.31. The van der Waals surface area contributed by atoms with Crippen molar-refractivity contribution >= 4 is 11.6 Å². The molecule has 100 valence electrons. The molecule has 0 amide bonds.